The normalized spacial score (nSPS) is 12.7. The van der Waals surface area contributed by atoms with Gasteiger partial charge in [-0.2, -0.15) is 5.10 Å². The molecular formula is C23H34N2OSi2. The molecule has 0 N–H and O–H groups in total. The summed E-state index contributed by atoms with van der Waals surface area (Å²) in [5.74, 6) is 0.209. The van der Waals surface area contributed by atoms with Gasteiger partial charge in [0.2, 0.25) is 0 Å². The first-order valence-corrected chi connectivity index (χ1v) is 17.0. The highest BCUT2D eigenvalue weighted by molar-refractivity contribution is 6.89. The molecular weight excluding hydrogens is 376 g/mol. The van der Waals surface area contributed by atoms with Gasteiger partial charge in [0.15, 0.2) is 22.3 Å². The molecule has 0 spiro atoms. The van der Waals surface area contributed by atoms with Crippen molar-refractivity contribution in [1.82, 2.24) is 4.34 Å². The van der Waals surface area contributed by atoms with Crippen molar-refractivity contribution < 1.29 is 4.79 Å². The van der Waals surface area contributed by atoms with E-state index in [9.17, 15) is 4.79 Å². The van der Waals surface area contributed by atoms with Gasteiger partial charge in [-0.25, -0.2) is 0 Å². The average Bonchev–Trinajstić information content (AvgIpc) is 2.63. The van der Waals surface area contributed by atoms with E-state index in [-0.39, 0.29) is 5.78 Å². The summed E-state index contributed by atoms with van der Waals surface area (Å²) in [6.07, 6.45) is 2.18. The second kappa shape index (κ2) is 9.48. The summed E-state index contributed by atoms with van der Waals surface area (Å²) < 4.78 is 2.46. The third kappa shape index (κ3) is 6.57. The first-order chi connectivity index (χ1) is 13.1. The highest BCUT2D eigenvalue weighted by Crippen LogP contribution is 2.22. The van der Waals surface area contributed by atoms with Crippen molar-refractivity contribution in [2.75, 3.05) is 0 Å². The van der Waals surface area contributed by atoms with E-state index in [0.29, 0.717) is 6.42 Å². The fourth-order valence-corrected chi connectivity index (χ4v) is 12.4. The summed E-state index contributed by atoms with van der Waals surface area (Å²) in [4.78, 5) is 12.5. The molecule has 0 bridgehead atoms. The van der Waals surface area contributed by atoms with Crippen molar-refractivity contribution in [3.05, 3.63) is 71.8 Å². The Labute approximate surface area is 172 Å². The number of Topliss-reactive ketones (excluding diaryl/α,β-unsaturated/α-hetero) is 1. The Morgan fingerprint density at radius 1 is 0.750 bits per heavy atom. The Balaban J connectivity index is 2.22. The fraction of sp³-hybridized carbons (Fsp3) is 0.391. The first kappa shape index (κ1) is 22.3. The van der Waals surface area contributed by atoms with Crippen LogP contribution in [0.1, 0.15) is 35.2 Å². The molecule has 0 saturated carbocycles. The van der Waals surface area contributed by atoms with E-state index in [1.54, 1.807) is 0 Å². The van der Waals surface area contributed by atoms with Crippen LogP contribution in [0.3, 0.4) is 0 Å². The zero-order chi connectivity index (χ0) is 20.8. The summed E-state index contributed by atoms with van der Waals surface area (Å²) in [6, 6.07) is 20.0. The van der Waals surface area contributed by atoms with Gasteiger partial charge in [0.1, 0.15) is 0 Å². The Bertz CT molecular complexity index is 777. The van der Waals surface area contributed by atoms with E-state index in [4.69, 9.17) is 5.10 Å². The highest BCUT2D eigenvalue weighted by atomic mass is 28.4. The quantitative estimate of drug-likeness (QED) is 0.207. The number of hydrogen-bond donors (Lipinski definition) is 0. The van der Waals surface area contributed by atoms with Crippen molar-refractivity contribution in [2.45, 2.75) is 58.5 Å². The molecule has 0 aromatic heterocycles. The van der Waals surface area contributed by atoms with Crippen molar-refractivity contribution in [2.24, 2.45) is 5.10 Å². The smallest absolute Gasteiger partial charge is 0.162 e. The van der Waals surface area contributed by atoms with Gasteiger partial charge >= 0.3 is 0 Å². The van der Waals surface area contributed by atoms with Crippen LogP contribution in [0, 0.1) is 0 Å². The van der Waals surface area contributed by atoms with Gasteiger partial charge in [0.05, 0.1) is 5.71 Å². The van der Waals surface area contributed by atoms with Crippen LogP contribution in [0.2, 0.25) is 39.3 Å². The van der Waals surface area contributed by atoms with E-state index in [0.717, 1.165) is 29.7 Å². The number of carbonyl (C=O) groups is 1. The van der Waals surface area contributed by atoms with Crippen molar-refractivity contribution in [1.29, 1.82) is 0 Å². The molecule has 28 heavy (non-hydrogen) atoms. The van der Waals surface area contributed by atoms with Gasteiger partial charge in [0, 0.05) is 12.0 Å². The molecule has 150 valence electrons. The molecule has 0 radical (unpaired) electrons. The molecule has 0 aliphatic rings. The lowest BCUT2D eigenvalue weighted by atomic mass is 10.0. The van der Waals surface area contributed by atoms with E-state index in [2.05, 4.69) is 67.9 Å². The van der Waals surface area contributed by atoms with Crippen LogP contribution in [0.5, 0.6) is 0 Å². The lowest BCUT2D eigenvalue weighted by molar-refractivity contribution is 0.0981. The zero-order valence-electron chi connectivity index (χ0n) is 18.2. The van der Waals surface area contributed by atoms with Gasteiger partial charge in [0.25, 0.3) is 0 Å². The number of ketones is 1. The Morgan fingerprint density at radius 3 is 1.68 bits per heavy atom. The van der Waals surface area contributed by atoms with Crippen molar-refractivity contribution >= 4 is 28.0 Å². The molecule has 0 unspecified atom stereocenters. The summed E-state index contributed by atoms with van der Waals surface area (Å²) in [5, 5.41) is 5.22. The Hall–Kier alpha value is -1.99. The fourth-order valence-electron chi connectivity index (χ4n) is 3.49. The van der Waals surface area contributed by atoms with Crippen LogP contribution >= 0.6 is 0 Å². The standard InChI is InChI=1S/C23H34N2OSi2/c1-27(2,3)25(28(4,5)6)24-22(20-14-9-7-10-15-20)18-13-19-23(26)21-16-11-8-12-17-21/h7-12,14-17H,13,18-19H2,1-6H3. The Morgan fingerprint density at radius 2 is 1.21 bits per heavy atom. The third-order valence-corrected chi connectivity index (χ3v) is 11.3. The summed E-state index contributed by atoms with van der Waals surface area (Å²) in [7, 11) is -3.18. The van der Waals surface area contributed by atoms with Crippen molar-refractivity contribution in [3.63, 3.8) is 0 Å². The SMILES string of the molecule is C[Si](C)(C)N(N=C(CCCC(=O)c1ccccc1)c1ccccc1)[Si](C)(C)C. The minimum absolute atomic E-state index is 0.209. The average molecular weight is 411 g/mol. The highest BCUT2D eigenvalue weighted by Gasteiger charge is 2.34. The summed E-state index contributed by atoms with van der Waals surface area (Å²) >= 11 is 0. The van der Waals surface area contributed by atoms with Crippen LogP contribution in [-0.4, -0.2) is 32.3 Å². The number of hydrazone groups is 1. The van der Waals surface area contributed by atoms with Crippen LogP contribution in [0.15, 0.2) is 65.8 Å². The van der Waals surface area contributed by atoms with Gasteiger partial charge in [-0.3, -0.25) is 4.79 Å². The summed E-state index contributed by atoms with van der Waals surface area (Å²) in [6.45, 7) is 14.1. The van der Waals surface area contributed by atoms with E-state index in [1.807, 2.05) is 36.4 Å². The van der Waals surface area contributed by atoms with Gasteiger partial charge in [-0.15, -0.1) is 0 Å². The molecule has 5 heteroatoms. The molecule has 2 aromatic rings. The predicted octanol–water partition coefficient (Wildman–Crippen LogP) is 6.42. The second-order valence-electron chi connectivity index (χ2n) is 9.21. The second-order valence-corrected chi connectivity index (χ2v) is 19.2. The first-order valence-electron chi connectivity index (χ1n) is 10.1. The number of benzene rings is 2. The molecule has 0 heterocycles. The zero-order valence-corrected chi connectivity index (χ0v) is 20.2. The minimum atomic E-state index is -1.59. The monoisotopic (exact) mass is 410 g/mol. The lowest BCUT2D eigenvalue weighted by Gasteiger charge is -2.42. The molecule has 0 atom stereocenters. The molecule has 0 aliphatic carbocycles. The largest absolute Gasteiger partial charge is 0.350 e. The number of carbonyl (C=O) groups excluding carboxylic acids is 1. The van der Waals surface area contributed by atoms with Crippen LogP contribution in [0.4, 0.5) is 0 Å². The van der Waals surface area contributed by atoms with Crippen LogP contribution < -0.4 is 0 Å². The van der Waals surface area contributed by atoms with Crippen LogP contribution in [0.25, 0.3) is 0 Å². The van der Waals surface area contributed by atoms with Gasteiger partial charge < -0.3 is 4.34 Å². The van der Waals surface area contributed by atoms with E-state index < -0.39 is 16.5 Å². The predicted molar refractivity (Wildman–Crippen MR) is 126 cm³/mol. The molecule has 3 nitrogen and oxygen atoms in total. The molecule has 2 aromatic carbocycles. The number of hydrogen-bond acceptors (Lipinski definition) is 3. The maximum absolute atomic E-state index is 12.5. The third-order valence-electron chi connectivity index (χ3n) is 4.51. The topological polar surface area (TPSA) is 32.7 Å². The minimum Gasteiger partial charge on any atom is -0.350 e. The van der Waals surface area contributed by atoms with E-state index in [1.165, 1.54) is 0 Å². The molecule has 0 saturated heterocycles. The molecule has 0 amide bonds. The Kier molecular flexibility index (Phi) is 7.55. The van der Waals surface area contributed by atoms with Crippen molar-refractivity contribution in [3.8, 4) is 0 Å². The number of nitrogens with zero attached hydrogens (tertiary/aromatic N) is 2. The maximum atomic E-state index is 12.5. The lowest BCUT2D eigenvalue weighted by Crippen LogP contribution is -2.56. The maximum Gasteiger partial charge on any atom is 0.162 e. The van der Waals surface area contributed by atoms with Crippen LogP contribution in [-0.2, 0) is 0 Å². The molecule has 0 aliphatic heterocycles. The number of rotatable bonds is 9. The molecule has 2 rings (SSSR count). The van der Waals surface area contributed by atoms with Gasteiger partial charge in [-0.05, 0) is 18.4 Å². The van der Waals surface area contributed by atoms with E-state index >= 15 is 0 Å². The molecule has 0 fully saturated rings. The summed E-state index contributed by atoms with van der Waals surface area (Å²) in [5.41, 5.74) is 3.06. The van der Waals surface area contributed by atoms with Gasteiger partial charge in [-0.1, -0.05) is 99.9 Å².